The summed E-state index contributed by atoms with van der Waals surface area (Å²) in [5.41, 5.74) is 0. The zero-order valence-corrected chi connectivity index (χ0v) is 7.92. The molecule has 0 bridgehead atoms. The topological polar surface area (TPSA) is 64.4 Å². The molecule has 1 aromatic heterocycles. The Balaban J connectivity index is 2.53. The number of carbonyl (C=O) groups excluding carboxylic acids is 1. The van der Waals surface area contributed by atoms with Crippen LogP contribution >= 0.6 is 15.9 Å². The van der Waals surface area contributed by atoms with Crippen molar-refractivity contribution in [2.45, 2.75) is 0 Å². The van der Waals surface area contributed by atoms with Gasteiger partial charge in [0.1, 0.15) is 11.3 Å². The summed E-state index contributed by atoms with van der Waals surface area (Å²) < 4.78 is 9.78. The predicted molar refractivity (Wildman–Crippen MR) is 43.5 cm³/mol. The summed E-state index contributed by atoms with van der Waals surface area (Å²) in [4.78, 5) is 11.1. The van der Waals surface area contributed by atoms with Crippen molar-refractivity contribution in [1.82, 2.24) is 10.5 Å². The lowest BCUT2D eigenvalue weighted by Gasteiger charge is -1.98. The number of nitrogens with one attached hydrogen (secondary N) is 1. The number of ether oxygens (including phenoxy) is 1. The summed E-state index contributed by atoms with van der Waals surface area (Å²) >= 11 is 3.05. The highest BCUT2D eigenvalue weighted by atomic mass is 79.9. The second kappa shape index (κ2) is 4.22. The van der Waals surface area contributed by atoms with Crippen molar-refractivity contribution in [1.29, 1.82) is 0 Å². The van der Waals surface area contributed by atoms with Gasteiger partial charge in [0, 0.05) is 13.2 Å². The number of aromatic nitrogens is 1. The van der Waals surface area contributed by atoms with Crippen molar-refractivity contribution in [3.05, 3.63) is 16.4 Å². The highest BCUT2D eigenvalue weighted by molar-refractivity contribution is 9.10. The van der Waals surface area contributed by atoms with Gasteiger partial charge in [-0.1, -0.05) is 5.16 Å². The van der Waals surface area contributed by atoms with Gasteiger partial charge in [0.05, 0.1) is 0 Å². The van der Waals surface area contributed by atoms with E-state index in [1.165, 1.54) is 13.2 Å². The third-order valence-electron chi connectivity index (χ3n) is 1.08. The van der Waals surface area contributed by atoms with E-state index in [0.29, 0.717) is 4.60 Å². The van der Waals surface area contributed by atoms with Crippen molar-refractivity contribution < 1.29 is 14.1 Å². The lowest BCUT2D eigenvalue weighted by atomic mass is 10.4. The lowest BCUT2D eigenvalue weighted by molar-refractivity contribution is 0.0835. The molecule has 1 N–H and O–H groups in total. The maximum absolute atomic E-state index is 11.1. The van der Waals surface area contributed by atoms with Crippen LogP contribution in [0.25, 0.3) is 0 Å². The Hall–Kier alpha value is -0.880. The zero-order chi connectivity index (χ0) is 8.97. The van der Waals surface area contributed by atoms with Crippen LogP contribution in [0.5, 0.6) is 0 Å². The number of hydrogen-bond donors (Lipinski definition) is 1. The minimum atomic E-state index is -0.352. The Kier molecular flexibility index (Phi) is 3.24. The first-order valence-electron chi connectivity index (χ1n) is 3.13. The molecule has 0 fully saturated rings. The molecule has 6 heteroatoms. The second-order valence-electron chi connectivity index (χ2n) is 1.95. The van der Waals surface area contributed by atoms with Gasteiger partial charge in [0.25, 0.3) is 5.91 Å². The van der Waals surface area contributed by atoms with E-state index in [2.05, 4.69) is 35.7 Å². The van der Waals surface area contributed by atoms with Crippen LogP contribution in [0, 0.1) is 0 Å². The largest absolute Gasteiger partial charge is 0.364 e. The minimum absolute atomic E-state index is 0.150. The van der Waals surface area contributed by atoms with Crippen LogP contribution in [0.15, 0.2) is 15.2 Å². The molecule has 5 nitrogen and oxygen atoms in total. The Morgan fingerprint density at radius 2 is 2.67 bits per heavy atom. The van der Waals surface area contributed by atoms with Gasteiger partial charge >= 0.3 is 0 Å². The number of carbonyl (C=O) groups is 1. The van der Waals surface area contributed by atoms with E-state index in [1.807, 2.05) is 0 Å². The van der Waals surface area contributed by atoms with Crippen LogP contribution in [0.3, 0.4) is 0 Å². The zero-order valence-electron chi connectivity index (χ0n) is 6.33. The number of amides is 1. The number of methoxy groups -OCH3 is 1. The normalized spacial score (nSPS) is 9.83. The average molecular weight is 235 g/mol. The fourth-order valence-corrected chi connectivity index (χ4v) is 0.866. The molecule has 0 unspecified atom stereocenters. The Morgan fingerprint density at radius 3 is 3.17 bits per heavy atom. The molecular weight excluding hydrogens is 228 g/mol. The van der Waals surface area contributed by atoms with Gasteiger partial charge in [-0.25, -0.2) is 0 Å². The van der Waals surface area contributed by atoms with Crippen LogP contribution in [0.4, 0.5) is 0 Å². The van der Waals surface area contributed by atoms with Gasteiger partial charge in [0.15, 0.2) is 0 Å². The molecule has 0 saturated carbocycles. The number of halogens is 1. The summed E-state index contributed by atoms with van der Waals surface area (Å²) in [7, 11) is 1.48. The molecular formula is C6H7BrN2O3. The fourth-order valence-electron chi connectivity index (χ4n) is 0.585. The van der Waals surface area contributed by atoms with Crippen LogP contribution in [-0.2, 0) is 4.74 Å². The summed E-state index contributed by atoms with van der Waals surface area (Å²) in [6.07, 6.45) is 0. The molecule has 0 aliphatic heterocycles. The van der Waals surface area contributed by atoms with E-state index in [9.17, 15) is 4.79 Å². The van der Waals surface area contributed by atoms with Crippen molar-refractivity contribution in [2.24, 2.45) is 0 Å². The SMILES string of the molecule is COCNC(=O)c1cc(Br)no1. The average Bonchev–Trinajstić information content (AvgIpc) is 2.47. The first-order valence-corrected chi connectivity index (χ1v) is 3.92. The summed E-state index contributed by atoms with van der Waals surface area (Å²) in [5.74, 6) is -0.200. The van der Waals surface area contributed by atoms with Gasteiger partial charge in [-0.05, 0) is 15.9 Å². The van der Waals surface area contributed by atoms with Crippen molar-refractivity contribution in [2.75, 3.05) is 13.8 Å². The molecule has 0 radical (unpaired) electrons. The summed E-state index contributed by atoms with van der Waals surface area (Å²) in [6.45, 7) is 0.150. The molecule has 1 heterocycles. The van der Waals surface area contributed by atoms with Crippen molar-refractivity contribution >= 4 is 21.8 Å². The van der Waals surface area contributed by atoms with E-state index in [0.717, 1.165) is 0 Å². The molecule has 1 amide bonds. The highest BCUT2D eigenvalue weighted by Crippen LogP contribution is 2.08. The van der Waals surface area contributed by atoms with E-state index in [4.69, 9.17) is 0 Å². The smallest absolute Gasteiger partial charge is 0.291 e. The fraction of sp³-hybridized carbons (Fsp3) is 0.333. The monoisotopic (exact) mass is 234 g/mol. The van der Waals surface area contributed by atoms with Crippen LogP contribution in [0.1, 0.15) is 10.6 Å². The predicted octanol–water partition coefficient (Wildman–Crippen LogP) is 0.771. The Bertz CT molecular complexity index is 274. The molecule has 0 spiro atoms. The van der Waals surface area contributed by atoms with Crippen LogP contribution in [-0.4, -0.2) is 24.9 Å². The summed E-state index contributed by atoms with van der Waals surface area (Å²) in [5, 5.41) is 5.93. The molecule has 0 saturated heterocycles. The van der Waals surface area contributed by atoms with Gasteiger partial charge in [-0.2, -0.15) is 0 Å². The van der Waals surface area contributed by atoms with Gasteiger partial charge < -0.3 is 14.6 Å². The first kappa shape index (κ1) is 9.21. The van der Waals surface area contributed by atoms with Gasteiger partial charge in [-0.3, -0.25) is 4.79 Å². The lowest BCUT2D eigenvalue weighted by Crippen LogP contribution is -2.24. The number of nitrogens with zero attached hydrogens (tertiary/aromatic N) is 1. The Labute approximate surface area is 77.2 Å². The van der Waals surface area contributed by atoms with Crippen molar-refractivity contribution in [3.8, 4) is 0 Å². The maximum Gasteiger partial charge on any atom is 0.291 e. The van der Waals surface area contributed by atoms with E-state index in [1.54, 1.807) is 0 Å². The molecule has 0 aliphatic carbocycles. The van der Waals surface area contributed by atoms with E-state index in [-0.39, 0.29) is 18.4 Å². The molecule has 0 aromatic carbocycles. The quantitative estimate of drug-likeness (QED) is 0.786. The minimum Gasteiger partial charge on any atom is -0.364 e. The Morgan fingerprint density at radius 1 is 1.92 bits per heavy atom. The maximum atomic E-state index is 11.1. The molecule has 1 aromatic rings. The first-order chi connectivity index (χ1) is 5.74. The number of hydrogen-bond acceptors (Lipinski definition) is 4. The molecule has 1 rings (SSSR count). The van der Waals surface area contributed by atoms with Crippen LogP contribution in [0.2, 0.25) is 0 Å². The molecule has 0 atom stereocenters. The standard InChI is InChI=1S/C6H7BrN2O3/c1-11-3-8-6(10)4-2-5(7)9-12-4/h2H,3H2,1H3,(H,8,10). The third kappa shape index (κ3) is 2.31. The van der Waals surface area contributed by atoms with Crippen LogP contribution < -0.4 is 5.32 Å². The molecule has 66 valence electrons. The van der Waals surface area contributed by atoms with E-state index < -0.39 is 0 Å². The third-order valence-corrected chi connectivity index (χ3v) is 1.46. The summed E-state index contributed by atoms with van der Waals surface area (Å²) in [6, 6.07) is 1.48. The second-order valence-corrected chi connectivity index (χ2v) is 2.77. The van der Waals surface area contributed by atoms with Gasteiger partial charge in [0.2, 0.25) is 5.76 Å². The molecule has 12 heavy (non-hydrogen) atoms. The highest BCUT2D eigenvalue weighted by Gasteiger charge is 2.10. The number of rotatable bonds is 3. The van der Waals surface area contributed by atoms with Crippen molar-refractivity contribution in [3.63, 3.8) is 0 Å². The van der Waals surface area contributed by atoms with E-state index >= 15 is 0 Å². The van der Waals surface area contributed by atoms with Gasteiger partial charge in [-0.15, -0.1) is 0 Å². The molecule has 0 aliphatic rings.